The fourth-order valence-electron chi connectivity index (χ4n) is 2.01. The number of nitrogens with two attached hydrogens (primary N) is 1. The fraction of sp³-hybridized carbons (Fsp3) is 0.462. The predicted octanol–water partition coefficient (Wildman–Crippen LogP) is 1.52. The maximum Gasteiger partial charge on any atom is 0.256 e. The summed E-state index contributed by atoms with van der Waals surface area (Å²) < 4.78 is 5.55. The summed E-state index contributed by atoms with van der Waals surface area (Å²) in [5.74, 6) is 0.00449. The van der Waals surface area contributed by atoms with Gasteiger partial charge in [-0.3, -0.25) is 4.79 Å². The highest BCUT2D eigenvalue weighted by Gasteiger charge is 2.24. The predicted molar refractivity (Wildman–Crippen MR) is 66.8 cm³/mol. The second kappa shape index (κ2) is 5.19. The van der Waals surface area contributed by atoms with Gasteiger partial charge in [0, 0.05) is 18.8 Å². The first kappa shape index (κ1) is 11.9. The molecule has 1 heterocycles. The molecule has 0 radical (unpaired) electrons. The molecule has 0 spiro atoms. The minimum absolute atomic E-state index is 0.00449. The zero-order valence-electron chi connectivity index (χ0n) is 10.1. The summed E-state index contributed by atoms with van der Waals surface area (Å²) in [7, 11) is 0. The van der Waals surface area contributed by atoms with Crippen LogP contribution in [0.5, 0.6) is 0 Å². The van der Waals surface area contributed by atoms with Gasteiger partial charge in [-0.15, -0.1) is 0 Å². The van der Waals surface area contributed by atoms with Gasteiger partial charge in [0.2, 0.25) is 0 Å². The lowest BCUT2D eigenvalue weighted by molar-refractivity contribution is -0.0225. The smallest absolute Gasteiger partial charge is 0.256 e. The van der Waals surface area contributed by atoms with Gasteiger partial charge < -0.3 is 15.4 Å². The van der Waals surface area contributed by atoms with E-state index in [4.69, 9.17) is 10.5 Å². The number of benzene rings is 1. The highest BCUT2D eigenvalue weighted by Crippen LogP contribution is 2.16. The van der Waals surface area contributed by atoms with Crippen molar-refractivity contribution in [1.29, 1.82) is 0 Å². The number of nitrogens with zero attached hydrogens (tertiary/aromatic N) is 1. The average Bonchev–Trinajstić information content (AvgIpc) is 2.38. The molecule has 0 bridgehead atoms. The minimum Gasteiger partial charge on any atom is -0.398 e. The van der Waals surface area contributed by atoms with Crippen molar-refractivity contribution in [3.63, 3.8) is 0 Å². The molecule has 1 aliphatic heterocycles. The Labute approximate surface area is 101 Å². The molecule has 2 rings (SSSR count). The summed E-state index contributed by atoms with van der Waals surface area (Å²) in [4.78, 5) is 14.1. The van der Waals surface area contributed by atoms with Crippen molar-refractivity contribution in [2.24, 2.45) is 0 Å². The normalized spacial score (nSPS) is 20.3. The van der Waals surface area contributed by atoms with Crippen LogP contribution in [0.2, 0.25) is 0 Å². The number of carbonyl (C=O) groups is 1. The van der Waals surface area contributed by atoms with E-state index in [2.05, 4.69) is 6.92 Å². The molecule has 0 saturated carbocycles. The van der Waals surface area contributed by atoms with E-state index in [0.717, 1.165) is 6.42 Å². The molecule has 92 valence electrons. The number of nitrogen functional groups attached to an aromatic ring is 1. The molecule has 17 heavy (non-hydrogen) atoms. The summed E-state index contributed by atoms with van der Waals surface area (Å²) in [6.07, 6.45) is 1.08. The largest absolute Gasteiger partial charge is 0.398 e. The Morgan fingerprint density at radius 2 is 2.29 bits per heavy atom. The average molecular weight is 234 g/mol. The van der Waals surface area contributed by atoms with Gasteiger partial charge in [-0.05, 0) is 18.6 Å². The zero-order valence-corrected chi connectivity index (χ0v) is 10.1. The van der Waals surface area contributed by atoms with E-state index in [9.17, 15) is 4.79 Å². The van der Waals surface area contributed by atoms with E-state index in [1.165, 1.54) is 0 Å². The number of para-hydroxylation sites is 1. The van der Waals surface area contributed by atoms with Crippen molar-refractivity contribution < 1.29 is 9.53 Å². The second-order valence-electron chi connectivity index (χ2n) is 4.24. The van der Waals surface area contributed by atoms with Crippen LogP contribution in [0.1, 0.15) is 23.7 Å². The van der Waals surface area contributed by atoms with E-state index in [0.29, 0.717) is 30.9 Å². The molecule has 1 fully saturated rings. The van der Waals surface area contributed by atoms with Crippen LogP contribution in [-0.4, -0.2) is 36.6 Å². The molecule has 0 aliphatic carbocycles. The quantitative estimate of drug-likeness (QED) is 0.789. The van der Waals surface area contributed by atoms with Crippen LogP contribution in [-0.2, 0) is 4.74 Å². The molecule has 4 heteroatoms. The fourth-order valence-corrected chi connectivity index (χ4v) is 2.01. The van der Waals surface area contributed by atoms with Crippen LogP contribution >= 0.6 is 0 Å². The summed E-state index contributed by atoms with van der Waals surface area (Å²) in [5, 5.41) is 0. The van der Waals surface area contributed by atoms with Gasteiger partial charge in [0.15, 0.2) is 0 Å². The Hall–Kier alpha value is -1.55. The van der Waals surface area contributed by atoms with Gasteiger partial charge in [-0.1, -0.05) is 19.1 Å². The maximum atomic E-state index is 12.3. The van der Waals surface area contributed by atoms with E-state index in [-0.39, 0.29) is 12.0 Å². The molecule has 2 N–H and O–H groups in total. The molecule has 1 aliphatic rings. The first-order chi connectivity index (χ1) is 8.22. The van der Waals surface area contributed by atoms with Crippen molar-refractivity contribution in [2.75, 3.05) is 25.4 Å². The number of carbonyl (C=O) groups excluding carboxylic acids is 1. The monoisotopic (exact) mass is 234 g/mol. The highest BCUT2D eigenvalue weighted by atomic mass is 16.5. The highest BCUT2D eigenvalue weighted by molar-refractivity contribution is 5.99. The van der Waals surface area contributed by atoms with Crippen molar-refractivity contribution in [3.05, 3.63) is 29.8 Å². The molecule has 1 aromatic carbocycles. The van der Waals surface area contributed by atoms with E-state index in [1.54, 1.807) is 12.1 Å². The number of amides is 1. The summed E-state index contributed by atoms with van der Waals surface area (Å²) >= 11 is 0. The third kappa shape index (κ3) is 2.58. The topological polar surface area (TPSA) is 55.6 Å². The second-order valence-corrected chi connectivity index (χ2v) is 4.24. The standard InChI is InChI=1S/C13H18N2O2/c1-2-10-9-15(7-8-17-10)13(16)11-5-3-4-6-12(11)14/h3-6,10H,2,7-9,14H2,1H3. The summed E-state index contributed by atoms with van der Waals surface area (Å²) in [5.41, 5.74) is 6.94. The SMILES string of the molecule is CCC1CN(C(=O)c2ccccc2N)CCO1. The Bertz CT molecular complexity index is 406. The molecule has 1 atom stereocenters. The van der Waals surface area contributed by atoms with Crippen LogP contribution in [0.4, 0.5) is 5.69 Å². The number of ether oxygens (including phenoxy) is 1. The molecule has 1 unspecified atom stereocenters. The first-order valence-electron chi connectivity index (χ1n) is 5.97. The number of hydrogen-bond donors (Lipinski definition) is 1. The molecule has 1 aromatic rings. The van der Waals surface area contributed by atoms with Gasteiger partial charge in [-0.25, -0.2) is 0 Å². The lowest BCUT2D eigenvalue weighted by atomic mass is 10.1. The molecular formula is C13H18N2O2. The molecular weight excluding hydrogens is 216 g/mol. The van der Waals surface area contributed by atoms with Crippen LogP contribution in [0.25, 0.3) is 0 Å². The van der Waals surface area contributed by atoms with Crippen LogP contribution < -0.4 is 5.73 Å². The van der Waals surface area contributed by atoms with Crippen molar-refractivity contribution in [2.45, 2.75) is 19.4 Å². The van der Waals surface area contributed by atoms with Crippen LogP contribution in [0, 0.1) is 0 Å². The minimum atomic E-state index is 0.00449. The van der Waals surface area contributed by atoms with Gasteiger partial charge >= 0.3 is 0 Å². The Morgan fingerprint density at radius 3 is 3.00 bits per heavy atom. The van der Waals surface area contributed by atoms with Crippen LogP contribution in [0.3, 0.4) is 0 Å². The lowest BCUT2D eigenvalue weighted by Gasteiger charge is -2.32. The van der Waals surface area contributed by atoms with Crippen molar-refractivity contribution in [3.8, 4) is 0 Å². The van der Waals surface area contributed by atoms with Gasteiger partial charge in [0.05, 0.1) is 18.3 Å². The van der Waals surface area contributed by atoms with E-state index >= 15 is 0 Å². The Morgan fingerprint density at radius 1 is 1.53 bits per heavy atom. The number of rotatable bonds is 2. The van der Waals surface area contributed by atoms with Gasteiger partial charge in [0.25, 0.3) is 5.91 Å². The summed E-state index contributed by atoms with van der Waals surface area (Å²) in [6, 6.07) is 7.20. The summed E-state index contributed by atoms with van der Waals surface area (Å²) in [6.45, 7) is 3.97. The Kier molecular flexibility index (Phi) is 3.64. The lowest BCUT2D eigenvalue weighted by Crippen LogP contribution is -2.45. The third-order valence-corrected chi connectivity index (χ3v) is 3.07. The first-order valence-corrected chi connectivity index (χ1v) is 5.97. The molecule has 4 nitrogen and oxygen atoms in total. The molecule has 1 amide bonds. The van der Waals surface area contributed by atoms with Crippen molar-refractivity contribution in [1.82, 2.24) is 4.90 Å². The molecule has 1 saturated heterocycles. The maximum absolute atomic E-state index is 12.3. The number of anilines is 1. The molecule has 0 aromatic heterocycles. The van der Waals surface area contributed by atoms with Gasteiger partial charge in [0.1, 0.15) is 0 Å². The zero-order chi connectivity index (χ0) is 12.3. The van der Waals surface area contributed by atoms with E-state index in [1.807, 2.05) is 17.0 Å². The van der Waals surface area contributed by atoms with Crippen LogP contribution in [0.15, 0.2) is 24.3 Å². The Balaban J connectivity index is 2.12. The number of morpholine rings is 1. The van der Waals surface area contributed by atoms with Crippen molar-refractivity contribution >= 4 is 11.6 Å². The third-order valence-electron chi connectivity index (χ3n) is 3.07. The van der Waals surface area contributed by atoms with E-state index < -0.39 is 0 Å². The number of hydrogen-bond acceptors (Lipinski definition) is 3. The van der Waals surface area contributed by atoms with Gasteiger partial charge in [-0.2, -0.15) is 0 Å².